The number of hydrogen-bond acceptors (Lipinski definition) is 3. The molecule has 1 aromatic carbocycles. The normalized spacial score (nSPS) is 19.6. The van der Waals surface area contributed by atoms with Crippen LogP contribution in [0, 0.1) is 18.8 Å². The van der Waals surface area contributed by atoms with Gasteiger partial charge in [-0.3, -0.25) is 14.5 Å². The molecule has 0 unspecified atom stereocenters. The Labute approximate surface area is 162 Å². The number of anilines is 1. The molecule has 0 bridgehead atoms. The molecule has 2 aliphatic rings. The van der Waals surface area contributed by atoms with Crippen molar-refractivity contribution in [3.63, 3.8) is 0 Å². The molecule has 148 valence electrons. The summed E-state index contributed by atoms with van der Waals surface area (Å²) in [5.41, 5.74) is 2.01. The summed E-state index contributed by atoms with van der Waals surface area (Å²) >= 11 is 0. The van der Waals surface area contributed by atoms with E-state index in [0.717, 1.165) is 38.2 Å². The molecule has 1 aromatic rings. The van der Waals surface area contributed by atoms with Crippen molar-refractivity contribution in [2.45, 2.75) is 51.9 Å². The number of amides is 2. The highest BCUT2D eigenvalue weighted by molar-refractivity contribution is 5.92. The van der Waals surface area contributed by atoms with E-state index in [9.17, 15) is 9.59 Å². The molecule has 0 spiro atoms. The van der Waals surface area contributed by atoms with Crippen LogP contribution in [0.2, 0.25) is 0 Å². The molecule has 1 aliphatic carbocycles. The molecule has 3 rings (SSSR count). The molecule has 0 radical (unpaired) electrons. The fourth-order valence-corrected chi connectivity index (χ4v) is 4.17. The van der Waals surface area contributed by atoms with E-state index in [0.29, 0.717) is 12.5 Å². The average molecular weight is 372 g/mol. The Morgan fingerprint density at radius 1 is 1.00 bits per heavy atom. The molecule has 2 N–H and O–H groups in total. The van der Waals surface area contributed by atoms with Gasteiger partial charge >= 0.3 is 0 Å². The summed E-state index contributed by atoms with van der Waals surface area (Å²) in [6, 6.07) is 7.84. The van der Waals surface area contributed by atoms with E-state index < -0.39 is 0 Å². The zero-order valence-electron chi connectivity index (χ0n) is 16.5. The standard InChI is InChI=1S/C22H33N3O2/c1-17-7-9-20(10-8-17)24-21(26)16-25-13-11-19(12-14-25)22(27)23-15-18-5-3-2-4-6-18/h7-10,18-19H,2-6,11-16H2,1H3,(H,23,27)(H,24,26). The number of nitrogens with zero attached hydrogens (tertiary/aromatic N) is 1. The topological polar surface area (TPSA) is 61.4 Å². The Morgan fingerprint density at radius 3 is 2.33 bits per heavy atom. The molecular formula is C22H33N3O2. The first-order chi connectivity index (χ1) is 13.1. The second kappa shape index (κ2) is 9.88. The number of nitrogens with one attached hydrogen (secondary N) is 2. The number of rotatable bonds is 6. The quantitative estimate of drug-likeness (QED) is 0.806. The first kappa shape index (κ1) is 19.9. The number of aryl methyl sites for hydroxylation is 1. The largest absolute Gasteiger partial charge is 0.356 e. The minimum atomic E-state index is 0.0130. The minimum absolute atomic E-state index is 0.0130. The van der Waals surface area contributed by atoms with Gasteiger partial charge in [-0.15, -0.1) is 0 Å². The van der Waals surface area contributed by atoms with Crippen molar-refractivity contribution in [2.75, 3.05) is 31.5 Å². The van der Waals surface area contributed by atoms with Crippen LogP contribution in [0.15, 0.2) is 24.3 Å². The molecule has 1 heterocycles. The SMILES string of the molecule is Cc1ccc(NC(=O)CN2CCC(C(=O)NCC3CCCCC3)CC2)cc1. The molecule has 2 amide bonds. The number of carbonyl (C=O) groups is 2. The number of benzene rings is 1. The second-order valence-corrected chi connectivity index (χ2v) is 8.21. The van der Waals surface area contributed by atoms with Crippen LogP contribution in [0.1, 0.15) is 50.5 Å². The number of likely N-dealkylation sites (tertiary alicyclic amines) is 1. The Balaban J connectivity index is 1.34. The third-order valence-electron chi connectivity index (χ3n) is 5.95. The van der Waals surface area contributed by atoms with Gasteiger partial charge in [-0.25, -0.2) is 0 Å². The lowest BCUT2D eigenvalue weighted by Crippen LogP contribution is -2.44. The number of carbonyl (C=O) groups excluding carboxylic acids is 2. The fraction of sp³-hybridized carbons (Fsp3) is 0.636. The van der Waals surface area contributed by atoms with Crippen molar-refractivity contribution in [3.05, 3.63) is 29.8 Å². The van der Waals surface area contributed by atoms with E-state index in [4.69, 9.17) is 0 Å². The minimum Gasteiger partial charge on any atom is -0.356 e. The van der Waals surface area contributed by atoms with Gasteiger partial charge in [0.2, 0.25) is 11.8 Å². The smallest absolute Gasteiger partial charge is 0.238 e. The second-order valence-electron chi connectivity index (χ2n) is 8.21. The number of piperidine rings is 1. The van der Waals surface area contributed by atoms with Crippen LogP contribution in [0.25, 0.3) is 0 Å². The van der Waals surface area contributed by atoms with E-state index in [-0.39, 0.29) is 17.7 Å². The van der Waals surface area contributed by atoms with Gasteiger partial charge in [-0.2, -0.15) is 0 Å². The molecule has 5 heteroatoms. The maximum atomic E-state index is 12.4. The summed E-state index contributed by atoms with van der Waals surface area (Å²) in [5, 5.41) is 6.13. The van der Waals surface area contributed by atoms with E-state index in [1.54, 1.807) is 0 Å². The zero-order valence-corrected chi connectivity index (χ0v) is 16.5. The van der Waals surface area contributed by atoms with Crippen molar-refractivity contribution in [2.24, 2.45) is 11.8 Å². The Kier molecular flexibility index (Phi) is 7.27. The molecule has 0 aromatic heterocycles. The Morgan fingerprint density at radius 2 is 1.67 bits per heavy atom. The summed E-state index contributed by atoms with van der Waals surface area (Å²) in [5.74, 6) is 1.00. The summed E-state index contributed by atoms with van der Waals surface area (Å²) in [6.07, 6.45) is 8.17. The summed E-state index contributed by atoms with van der Waals surface area (Å²) in [7, 11) is 0. The monoisotopic (exact) mass is 371 g/mol. The summed E-state index contributed by atoms with van der Waals surface area (Å²) < 4.78 is 0. The van der Waals surface area contributed by atoms with Gasteiger partial charge in [0.05, 0.1) is 6.54 Å². The van der Waals surface area contributed by atoms with E-state index in [1.165, 1.54) is 37.7 Å². The van der Waals surface area contributed by atoms with Crippen LogP contribution in [-0.2, 0) is 9.59 Å². The van der Waals surface area contributed by atoms with Gasteiger partial charge in [0.1, 0.15) is 0 Å². The van der Waals surface area contributed by atoms with E-state index in [2.05, 4.69) is 15.5 Å². The first-order valence-corrected chi connectivity index (χ1v) is 10.5. The fourth-order valence-electron chi connectivity index (χ4n) is 4.17. The predicted octanol–water partition coefficient (Wildman–Crippen LogP) is 3.34. The van der Waals surface area contributed by atoms with Crippen LogP contribution in [-0.4, -0.2) is 42.9 Å². The third-order valence-corrected chi connectivity index (χ3v) is 5.95. The van der Waals surface area contributed by atoms with Crippen LogP contribution in [0.3, 0.4) is 0 Å². The van der Waals surface area contributed by atoms with Crippen LogP contribution in [0.5, 0.6) is 0 Å². The summed E-state index contributed by atoms with van der Waals surface area (Å²) in [6.45, 7) is 4.88. The third kappa shape index (κ3) is 6.35. The van der Waals surface area contributed by atoms with Gasteiger partial charge in [0, 0.05) is 18.2 Å². The van der Waals surface area contributed by atoms with Crippen LogP contribution < -0.4 is 10.6 Å². The average Bonchev–Trinajstić information content (AvgIpc) is 2.69. The van der Waals surface area contributed by atoms with Gasteiger partial charge in [-0.05, 0) is 63.7 Å². The predicted molar refractivity (Wildman–Crippen MR) is 109 cm³/mol. The first-order valence-electron chi connectivity index (χ1n) is 10.5. The van der Waals surface area contributed by atoms with Crippen molar-refractivity contribution in [3.8, 4) is 0 Å². The summed E-state index contributed by atoms with van der Waals surface area (Å²) in [4.78, 5) is 26.8. The lowest BCUT2D eigenvalue weighted by molar-refractivity contribution is -0.126. The molecule has 1 aliphatic heterocycles. The van der Waals surface area contributed by atoms with Crippen molar-refractivity contribution >= 4 is 17.5 Å². The van der Waals surface area contributed by atoms with Crippen LogP contribution >= 0.6 is 0 Å². The van der Waals surface area contributed by atoms with Crippen molar-refractivity contribution in [1.29, 1.82) is 0 Å². The molecule has 27 heavy (non-hydrogen) atoms. The highest BCUT2D eigenvalue weighted by Crippen LogP contribution is 2.23. The van der Waals surface area contributed by atoms with Crippen LogP contribution in [0.4, 0.5) is 5.69 Å². The maximum Gasteiger partial charge on any atom is 0.238 e. The Hall–Kier alpha value is -1.88. The Bertz CT molecular complexity index is 615. The molecule has 2 fully saturated rings. The molecule has 5 nitrogen and oxygen atoms in total. The molecule has 1 saturated carbocycles. The highest BCUT2D eigenvalue weighted by Gasteiger charge is 2.26. The molecule has 1 saturated heterocycles. The number of hydrogen-bond donors (Lipinski definition) is 2. The van der Waals surface area contributed by atoms with Crippen molar-refractivity contribution in [1.82, 2.24) is 10.2 Å². The lowest BCUT2D eigenvalue weighted by atomic mass is 9.89. The zero-order chi connectivity index (χ0) is 19.1. The van der Waals surface area contributed by atoms with Gasteiger partial charge in [0.25, 0.3) is 0 Å². The maximum absolute atomic E-state index is 12.4. The molecule has 0 atom stereocenters. The van der Waals surface area contributed by atoms with E-state index >= 15 is 0 Å². The van der Waals surface area contributed by atoms with Crippen molar-refractivity contribution < 1.29 is 9.59 Å². The highest BCUT2D eigenvalue weighted by atomic mass is 16.2. The van der Waals surface area contributed by atoms with Gasteiger partial charge < -0.3 is 10.6 Å². The van der Waals surface area contributed by atoms with Gasteiger partial charge in [-0.1, -0.05) is 37.0 Å². The van der Waals surface area contributed by atoms with Gasteiger partial charge in [0.15, 0.2) is 0 Å². The lowest BCUT2D eigenvalue weighted by Gasteiger charge is -2.31. The van der Waals surface area contributed by atoms with E-state index in [1.807, 2.05) is 31.2 Å². The molecular weight excluding hydrogens is 338 g/mol.